The fraction of sp³-hybridized carbons (Fsp3) is 0.438. The van der Waals surface area contributed by atoms with E-state index in [1.165, 1.54) is 6.07 Å². The Morgan fingerprint density at radius 3 is 2.51 bits per heavy atom. The molecule has 0 N–H and O–H groups in total. The zero-order chi connectivity index (χ0) is 29.1. The van der Waals surface area contributed by atoms with Crippen molar-refractivity contribution in [1.29, 1.82) is 0 Å². The van der Waals surface area contributed by atoms with E-state index < -0.39 is 11.5 Å². The minimum absolute atomic E-state index is 0.0730. The van der Waals surface area contributed by atoms with Crippen LogP contribution in [0.4, 0.5) is 5.69 Å². The molecular weight excluding hydrogens is 490 g/mol. The number of benzene rings is 1. The largest absolute Gasteiger partial charge is 0.344 e. The van der Waals surface area contributed by atoms with Crippen LogP contribution in [-0.2, 0) is 5.41 Å². The monoisotopic (exact) mass is 531 g/mol. The van der Waals surface area contributed by atoms with Crippen LogP contribution in [-0.4, -0.2) is 27.3 Å². The normalized spacial score (nSPS) is 20.1. The van der Waals surface area contributed by atoms with Gasteiger partial charge in [0, 0.05) is 52.2 Å². The second-order valence-corrected chi connectivity index (χ2v) is 11.9. The van der Waals surface area contributed by atoms with Crippen molar-refractivity contribution in [3.63, 3.8) is 0 Å². The van der Waals surface area contributed by atoms with Gasteiger partial charge in [-0.2, -0.15) is 0 Å². The second-order valence-electron chi connectivity index (χ2n) is 11.9. The van der Waals surface area contributed by atoms with E-state index in [-0.39, 0.29) is 20.9 Å². The van der Waals surface area contributed by atoms with Crippen molar-refractivity contribution < 1.29 is 9.85 Å². The molecule has 0 saturated heterocycles. The third-order valence-electron chi connectivity index (χ3n) is 8.06. The summed E-state index contributed by atoms with van der Waals surface area (Å²) in [5.41, 5.74) is 5.33. The summed E-state index contributed by atoms with van der Waals surface area (Å²) in [6.45, 7) is 19.8. The van der Waals surface area contributed by atoms with Crippen molar-refractivity contribution in [2.45, 2.75) is 72.8 Å². The van der Waals surface area contributed by atoms with E-state index >= 15 is 0 Å². The first kappa shape index (κ1) is 29.8. The summed E-state index contributed by atoms with van der Waals surface area (Å²) in [4.78, 5) is 24.6. The Bertz CT molecular complexity index is 1310. The zero-order valence-electron chi connectivity index (χ0n) is 24.2. The Hall–Kier alpha value is -3.74. The first-order valence-corrected chi connectivity index (χ1v) is 13.5. The molecule has 7 nitrogen and oxygen atoms in total. The molecule has 7 heteroatoms. The summed E-state index contributed by atoms with van der Waals surface area (Å²) < 4.78 is 0. The number of nitro groups is 2. The van der Waals surface area contributed by atoms with Crippen molar-refractivity contribution >= 4 is 5.69 Å². The summed E-state index contributed by atoms with van der Waals surface area (Å²) >= 11 is 0. The van der Waals surface area contributed by atoms with Crippen LogP contribution in [0.15, 0.2) is 89.9 Å². The molecule has 2 aliphatic rings. The Morgan fingerprint density at radius 1 is 1.21 bits per heavy atom. The summed E-state index contributed by atoms with van der Waals surface area (Å²) in [6.07, 6.45) is 15.0. The summed E-state index contributed by atoms with van der Waals surface area (Å²) in [6, 6.07) is 4.26. The Labute approximate surface area is 232 Å². The minimum atomic E-state index is -0.683. The lowest BCUT2D eigenvalue weighted by Gasteiger charge is -2.29. The Morgan fingerprint density at radius 2 is 1.90 bits per heavy atom. The van der Waals surface area contributed by atoms with Crippen LogP contribution in [0.2, 0.25) is 0 Å². The molecule has 0 radical (unpaired) electrons. The van der Waals surface area contributed by atoms with Gasteiger partial charge >= 0.3 is 0 Å². The van der Waals surface area contributed by atoms with Gasteiger partial charge in [0.25, 0.3) is 5.69 Å². The van der Waals surface area contributed by atoms with Gasteiger partial charge < -0.3 is 4.90 Å². The van der Waals surface area contributed by atoms with E-state index in [4.69, 9.17) is 0 Å². The van der Waals surface area contributed by atoms with Crippen molar-refractivity contribution in [2.75, 3.05) is 6.54 Å². The molecule has 1 aliphatic heterocycles. The van der Waals surface area contributed by atoms with E-state index in [2.05, 4.69) is 45.2 Å². The maximum atomic E-state index is 11.5. The van der Waals surface area contributed by atoms with Gasteiger partial charge in [0.15, 0.2) is 0 Å². The molecule has 1 aliphatic carbocycles. The Balaban J connectivity index is 1.83. The lowest BCUT2D eigenvalue weighted by Crippen LogP contribution is -2.25. The van der Waals surface area contributed by atoms with E-state index in [1.54, 1.807) is 18.2 Å². The summed E-state index contributed by atoms with van der Waals surface area (Å²) in [5.74, 6) is 0.542. The van der Waals surface area contributed by atoms with Gasteiger partial charge in [-0.3, -0.25) is 20.2 Å². The molecule has 1 aromatic rings. The number of nitro benzene ring substituents is 1. The number of allylic oxidation sites excluding steroid dienone is 8. The predicted octanol–water partition coefficient (Wildman–Crippen LogP) is 7.98. The van der Waals surface area contributed by atoms with Crippen LogP contribution in [0.25, 0.3) is 0 Å². The molecule has 0 saturated carbocycles. The average Bonchev–Trinajstić information content (AvgIpc) is 3.07. The van der Waals surface area contributed by atoms with Crippen LogP contribution >= 0.6 is 0 Å². The molecular formula is C32H41N3O4. The highest BCUT2D eigenvalue weighted by Crippen LogP contribution is 2.50. The first-order valence-electron chi connectivity index (χ1n) is 13.5. The van der Waals surface area contributed by atoms with Gasteiger partial charge in [0.05, 0.1) is 4.92 Å². The van der Waals surface area contributed by atoms with Gasteiger partial charge in [0.2, 0.25) is 6.04 Å². The highest BCUT2D eigenvalue weighted by atomic mass is 16.6. The molecule has 0 fully saturated rings. The van der Waals surface area contributed by atoms with Crippen LogP contribution < -0.4 is 0 Å². The third kappa shape index (κ3) is 6.29. The highest BCUT2D eigenvalue weighted by molar-refractivity contribution is 5.50. The van der Waals surface area contributed by atoms with E-state index in [0.717, 1.165) is 46.6 Å². The molecule has 39 heavy (non-hydrogen) atoms. The van der Waals surface area contributed by atoms with Crippen LogP contribution in [0, 0.1) is 38.5 Å². The molecule has 208 valence electrons. The number of hydrogen-bond donors (Lipinski definition) is 0. The minimum Gasteiger partial charge on any atom is -0.344 e. The molecule has 0 amide bonds. The predicted molar refractivity (Wildman–Crippen MR) is 158 cm³/mol. The van der Waals surface area contributed by atoms with Gasteiger partial charge in [-0.05, 0) is 59.8 Å². The standard InChI is InChI=1S/C32H41N3O4/c1-22(2)18-19-33-29-17-16-26(35(38)39)21-28(29)32(7,8)30(33)13-11-9-10-12-24(4)31(5,6)27-20-25(34(36)37)15-14-23(27)3/h9-17,20,22,26H,4,18-19,21H2,1-3,5-8H3/b11-9+,12-10+,30-13+. The number of aryl methyl sites for hydroxylation is 1. The van der Waals surface area contributed by atoms with Crippen LogP contribution in [0.1, 0.15) is 65.5 Å². The van der Waals surface area contributed by atoms with Crippen molar-refractivity contribution in [3.05, 3.63) is 121 Å². The van der Waals surface area contributed by atoms with Crippen molar-refractivity contribution in [3.8, 4) is 0 Å². The maximum Gasteiger partial charge on any atom is 0.269 e. The van der Waals surface area contributed by atoms with E-state index in [1.807, 2.05) is 51.2 Å². The molecule has 1 heterocycles. The number of nitrogens with zero attached hydrogens (tertiary/aromatic N) is 3. The van der Waals surface area contributed by atoms with E-state index in [9.17, 15) is 20.2 Å². The van der Waals surface area contributed by atoms with Crippen LogP contribution in [0.3, 0.4) is 0 Å². The molecule has 1 unspecified atom stereocenters. The van der Waals surface area contributed by atoms with Gasteiger partial charge in [-0.1, -0.05) is 78.5 Å². The van der Waals surface area contributed by atoms with Crippen LogP contribution in [0.5, 0.6) is 0 Å². The smallest absolute Gasteiger partial charge is 0.269 e. The lowest BCUT2D eigenvalue weighted by molar-refractivity contribution is -0.509. The second kappa shape index (κ2) is 11.6. The van der Waals surface area contributed by atoms with Gasteiger partial charge in [-0.15, -0.1) is 0 Å². The highest BCUT2D eigenvalue weighted by Gasteiger charge is 2.44. The maximum absolute atomic E-state index is 11.5. The topological polar surface area (TPSA) is 89.5 Å². The fourth-order valence-corrected chi connectivity index (χ4v) is 5.37. The van der Waals surface area contributed by atoms with Gasteiger partial charge in [-0.25, -0.2) is 0 Å². The fourth-order valence-electron chi connectivity index (χ4n) is 5.37. The van der Waals surface area contributed by atoms with E-state index in [0.29, 0.717) is 12.3 Å². The summed E-state index contributed by atoms with van der Waals surface area (Å²) in [5, 5.41) is 22.8. The molecule has 1 aromatic carbocycles. The number of rotatable bonds is 10. The first-order chi connectivity index (χ1) is 18.2. The summed E-state index contributed by atoms with van der Waals surface area (Å²) in [7, 11) is 0. The van der Waals surface area contributed by atoms with Crippen molar-refractivity contribution in [2.24, 2.45) is 11.3 Å². The molecule has 0 spiro atoms. The number of non-ortho nitro benzene ring substituents is 1. The molecule has 1 atom stereocenters. The van der Waals surface area contributed by atoms with Gasteiger partial charge in [0.1, 0.15) is 0 Å². The average molecular weight is 532 g/mol. The zero-order valence-corrected chi connectivity index (χ0v) is 24.2. The molecule has 0 aromatic heterocycles. The third-order valence-corrected chi connectivity index (χ3v) is 8.06. The van der Waals surface area contributed by atoms with Crippen molar-refractivity contribution in [1.82, 2.24) is 4.90 Å². The lowest BCUT2D eigenvalue weighted by atomic mass is 9.76. The SMILES string of the molecule is C=C(/C=C/C=C/C=C1/N(CCC(C)C)C2=C(CC([N+](=O)[O-])C=C2)C1(C)C)C(C)(C)c1cc([N+](=O)[O-])ccc1C. The molecule has 0 bridgehead atoms. The Kier molecular flexibility index (Phi) is 8.84. The number of hydrogen-bond acceptors (Lipinski definition) is 5. The quantitative estimate of drug-likeness (QED) is 0.173. The molecule has 3 rings (SSSR count).